The van der Waals surface area contributed by atoms with Crippen molar-refractivity contribution in [1.29, 1.82) is 0 Å². The predicted octanol–water partition coefficient (Wildman–Crippen LogP) is 0.894. The lowest BCUT2D eigenvalue weighted by atomic mass is 10.1. The van der Waals surface area contributed by atoms with Crippen LogP contribution >= 0.6 is 0 Å². The van der Waals surface area contributed by atoms with Crippen LogP contribution in [0.15, 0.2) is 24.3 Å². The maximum Gasteiger partial charge on any atom is 0.238 e. The Labute approximate surface area is 130 Å². The summed E-state index contributed by atoms with van der Waals surface area (Å²) in [6.45, 7) is 3.05. The van der Waals surface area contributed by atoms with Crippen molar-refractivity contribution >= 4 is 17.4 Å². The first-order valence-corrected chi connectivity index (χ1v) is 7.41. The Morgan fingerprint density at radius 2 is 1.59 bits per heavy atom. The van der Waals surface area contributed by atoms with Gasteiger partial charge in [-0.3, -0.25) is 14.5 Å². The van der Waals surface area contributed by atoms with Gasteiger partial charge in [0, 0.05) is 37.6 Å². The molecule has 0 spiro atoms. The molecule has 0 bridgehead atoms. The van der Waals surface area contributed by atoms with Crippen molar-refractivity contribution in [3.8, 4) is 0 Å². The minimum absolute atomic E-state index is 0.0166. The van der Waals surface area contributed by atoms with E-state index in [1.807, 2.05) is 4.90 Å². The van der Waals surface area contributed by atoms with Gasteiger partial charge in [-0.2, -0.15) is 0 Å². The highest BCUT2D eigenvalue weighted by Gasteiger charge is 2.10. The van der Waals surface area contributed by atoms with Crippen molar-refractivity contribution < 1.29 is 19.8 Å². The van der Waals surface area contributed by atoms with Crippen LogP contribution < -0.4 is 5.32 Å². The third-order valence-electron chi connectivity index (χ3n) is 3.21. The predicted molar refractivity (Wildman–Crippen MR) is 84.9 cm³/mol. The number of anilines is 1. The van der Waals surface area contributed by atoms with Gasteiger partial charge in [0.1, 0.15) is 0 Å². The summed E-state index contributed by atoms with van der Waals surface area (Å²) >= 11 is 0. The number of aliphatic hydroxyl groups is 2. The minimum Gasteiger partial charge on any atom is -0.396 e. The van der Waals surface area contributed by atoms with Gasteiger partial charge in [0.05, 0.1) is 6.54 Å². The van der Waals surface area contributed by atoms with E-state index in [0.29, 0.717) is 37.2 Å². The largest absolute Gasteiger partial charge is 0.396 e. The summed E-state index contributed by atoms with van der Waals surface area (Å²) in [6, 6.07) is 6.74. The lowest BCUT2D eigenvalue weighted by molar-refractivity contribution is -0.117. The van der Waals surface area contributed by atoms with E-state index in [9.17, 15) is 9.59 Å². The highest BCUT2D eigenvalue weighted by atomic mass is 16.3. The van der Waals surface area contributed by atoms with Gasteiger partial charge in [0.15, 0.2) is 5.78 Å². The van der Waals surface area contributed by atoms with Gasteiger partial charge in [-0.15, -0.1) is 0 Å². The van der Waals surface area contributed by atoms with Gasteiger partial charge in [-0.25, -0.2) is 0 Å². The third-order valence-corrected chi connectivity index (χ3v) is 3.21. The van der Waals surface area contributed by atoms with Gasteiger partial charge < -0.3 is 15.5 Å². The summed E-state index contributed by atoms with van der Waals surface area (Å²) in [5, 5.41) is 20.5. The number of carbonyl (C=O) groups is 2. The molecule has 1 aromatic carbocycles. The zero-order valence-electron chi connectivity index (χ0n) is 12.9. The van der Waals surface area contributed by atoms with E-state index in [-0.39, 0.29) is 31.4 Å². The third kappa shape index (κ3) is 6.80. The fraction of sp³-hybridized carbons (Fsp3) is 0.500. The molecule has 122 valence electrons. The van der Waals surface area contributed by atoms with Crippen molar-refractivity contribution in [2.45, 2.75) is 19.8 Å². The Morgan fingerprint density at radius 1 is 1.05 bits per heavy atom. The number of Topliss-reactive ketones (excluding diaryl/α,β-unsaturated/α-hetero) is 1. The van der Waals surface area contributed by atoms with Gasteiger partial charge >= 0.3 is 0 Å². The summed E-state index contributed by atoms with van der Waals surface area (Å²) in [7, 11) is 0. The fourth-order valence-electron chi connectivity index (χ4n) is 2.05. The van der Waals surface area contributed by atoms with E-state index in [1.165, 1.54) is 6.92 Å². The molecule has 6 nitrogen and oxygen atoms in total. The number of hydrogen-bond donors (Lipinski definition) is 3. The Hall–Kier alpha value is -1.76. The number of rotatable bonds is 10. The molecule has 0 unspecified atom stereocenters. The average Bonchev–Trinajstić information content (AvgIpc) is 2.50. The molecule has 0 aromatic heterocycles. The molecule has 0 heterocycles. The van der Waals surface area contributed by atoms with Crippen LogP contribution in [0.5, 0.6) is 0 Å². The topological polar surface area (TPSA) is 89.9 Å². The van der Waals surface area contributed by atoms with E-state index in [1.54, 1.807) is 24.3 Å². The van der Waals surface area contributed by atoms with Gasteiger partial charge in [0.2, 0.25) is 5.91 Å². The molecule has 1 aromatic rings. The molecule has 3 N–H and O–H groups in total. The normalized spacial score (nSPS) is 10.7. The highest BCUT2D eigenvalue weighted by Crippen LogP contribution is 2.10. The van der Waals surface area contributed by atoms with Crippen LogP contribution in [0.3, 0.4) is 0 Å². The van der Waals surface area contributed by atoms with Crippen molar-refractivity contribution in [2.75, 3.05) is 38.2 Å². The van der Waals surface area contributed by atoms with Crippen LogP contribution in [0, 0.1) is 0 Å². The second kappa shape index (κ2) is 10.0. The van der Waals surface area contributed by atoms with E-state index in [2.05, 4.69) is 5.32 Å². The number of aliphatic hydroxyl groups excluding tert-OH is 2. The monoisotopic (exact) mass is 308 g/mol. The molecule has 22 heavy (non-hydrogen) atoms. The number of hydrogen-bond acceptors (Lipinski definition) is 5. The lowest BCUT2D eigenvalue weighted by Crippen LogP contribution is -2.35. The molecule has 0 radical (unpaired) electrons. The summed E-state index contributed by atoms with van der Waals surface area (Å²) in [5.74, 6) is -0.177. The van der Waals surface area contributed by atoms with E-state index in [4.69, 9.17) is 10.2 Å². The van der Waals surface area contributed by atoms with Gasteiger partial charge in [0.25, 0.3) is 0 Å². The number of carbonyl (C=O) groups excluding carboxylic acids is 2. The first-order valence-electron chi connectivity index (χ1n) is 7.41. The Balaban J connectivity index is 2.52. The van der Waals surface area contributed by atoms with Gasteiger partial charge in [-0.05, 0) is 44.0 Å². The zero-order valence-corrected chi connectivity index (χ0v) is 12.9. The van der Waals surface area contributed by atoms with E-state index >= 15 is 0 Å². The maximum absolute atomic E-state index is 12.0. The SMILES string of the molecule is CC(=O)c1ccc(NC(=O)CN(CCCO)CCCO)cc1. The minimum atomic E-state index is -0.161. The smallest absolute Gasteiger partial charge is 0.238 e. The average molecular weight is 308 g/mol. The zero-order chi connectivity index (χ0) is 16.4. The van der Waals surface area contributed by atoms with Crippen LogP contribution in [0.4, 0.5) is 5.69 Å². The quantitative estimate of drug-likeness (QED) is 0.559. The van der Waals surface area contributed by atoms with Crippen molar-refractivity contribution in [1.82, 2.24) is 4.90 Å². The molecule has 0 saturated carbocycles. The van der Waals surface area contributed by atoms with E-state index in [0.717, 1.165) is 0 Å². The molecular formula is C16H24N2O4. The second-order valence-electron chi connectivity index (χ2n) is 5.11. The first kappa shape index (κ1) is 18.3. The number of benzene rings is 1. The highest BCUT2D eigenvalue weighted by molar-refractivity contribution is 5.96. The summed E-state index contributed by atoms with van der Waals surface area (Å²) in [4.78, 5) is 25.1. The molecule has 0 saturated heterocycles. The molecule has 0 aliphatic heterocycles. The number of nitrogens with one attached hydrogen (secondary N) is 1. The van der Waals surface area contributed by atoms with Crippen LogP contribution in [0.2, 0.25) is 0 Å². The number of ketones is 1. The fourth-order valence-corrected chi connectivity index (χ4v) is 2.05. The first-order chi connectivity index (χ1) is 10.6. The van der Waals surface area contributed by atoms with Crippen LogP contribution in [-0.4, -0.2) is 59.7 Å². The Kier molecular flexibility index (Phi) is 8.35. The molecular weight excluding hydrogens is 284 g/mol. The molecule has 0 atom stereocenters. The Morgan fingerprint density at radius 3 is 2.05 bits per heavy atom. The van der Waals surface area contributed by atoms with Crippen LogP contribution in [0.25, 0.3) is 0 Å². The second-order valence-corrected chi connectivity index (χ2v) is 5.11. The summed E-state index contributed by atoms with van der Waals surface area (Å²) in [6.07, 6.45) is 1.18. The molecule has 0 fully saturated rings. The van der Waals surface area contributed by atoms with Crippen molar-refractivity contribution in [2.24, 2.45) is 0 Å². The summed E-state index contributed by atoms with van der Waals surface area (Å²) < 4.78 is 0. The van der Waals surface area contributed by atoms with Crippen molar-refractivity contribution in [3.63, 3.8) is 0 Å². The molecule has 6 heteroatoms. The molecule has 1 rings (SSSR count). The van der Waals surface area contributed by atoms with Crippen LogP contribution in [0.1, 0.15) is 30.1 Å². The molecule has 1 amide bonds. The van der Waals surface area contributed by atoms with Gasteiger partial charge in [-0.1, -0.05) is 0 Å². The number of nitrogens with zero attached hydrogens (tertiary/aromatic N) is 1. The number of amides is 1. The Bertz CT molecular complexity index is 466. The molecule has 0 aliphatic carbocycles. The maximum atomic E-state index is 12.0. The van der Waals surface area contributed by atoms with Crippen molar-refractivity contribution in [3.05, 3.63) is 29.8 Å². The van der Waals surface area contributed by atoms with Crippen LogP contribution in [-0.2, 0) is 4.79 Å². The van der Waals surface area contributed by atoms with E-state index < -0.39 is 0 Å². The standard InChI is InChI=1S/C16H24N2O4/c1-13(21)14-4-6-15(7-5-14)17-16(22)12-18(8-2-10-19)9-3-11-20/h4-7,19-20H,2-3,8-12H2,1H3,(H,17,22). The molecule has 0 aliphatic rings. The lowest BCUT2D eigenvalue weighted by Gasteiger charge is -2.21. The summed E-state index contributed by atoms with van der Waals surface area (Å²) in [5.41, 5.74) is 1.24.